The number of amides is 3. The summed E-state index contributed by atoms with van der Waals surface area (Å²) in [7, 11) is -5.60. The van der Waals surface area contributed by atoms with Gasteiger partial charge in [-0.2, -0.15) is 0 Å². The Morgan fingerprint density at radius 1 is 0.969 bits per heavy atom. The lowest BCUT2D eigenvalue weighted by Gasteiger charge is -2.51. The summed E-state index contributed by atoms with van der Waals surface area (Å²) in [5.41, 5.74) is 0.647. The molecule has 0 bridgehead atoms. The molecule has 0 aliphatic carbocycles. The molecule has 3 amide bonds. The van der Waals surface area contributed by atoms with E-state index < -0.39 is 47.7 Å². The summed E-state index contributed by atoms with van der Waals surface area (Å²) in [6.07, 6.45) is -3.00. The predicted molar refractivity (Wildman–Crippen MR) is 123 cm³/mol. The molecular formula is C21H40N2O7Si2. The number of rotatable bonds is 5. The fraction of sp³-hybridized carbons (Fsp3) is 0.905. The van der Waals surface area contributed by atoms with Gasteiger partial charge in [-0.1, -0.05) is 55.4 Å². The molecule has 3 aliphatic rings. The monoisotopic (exact) mass is 488 g/mol. The number of ether oxygens (including phenoxy) is 1. The Morgan fingerprint density at radius 2 is 1.53 bits per heavy atom. The van der Waals surface area contributed by atoms with E-state index in [1.807, 2.05) is 0 Å². The van der Waals surface area contributed by atoms with Crippen LogP contribution in [-0.2, 0) is 22.5 Å². The van der Waals surface area contributed by atoms with Gasteiger partial charge in [0.2, 0.25) is 5.91 Å². The quantitative estimate of drug-likeness (QED) is 0.573. The first-order chi connectivity index (χ1) is 14.9. The third-order valence-corrected chi connectivity index (χ3v) is 17.3. The van der Waals surface area contributed by atoms with Crippen molar-refractivity contribution < 1.29 is 32.4 Å². The minimum absolute atomic E-state index is 0.122. The molecule has 3 saturated heterocycles. The SMILES string of the molecule is CC(C)[Si]1(C(C)C)OCC2OC(N3CCC(=O)NC3=O)C(O)C2O[Si](C(C)C)(C(C)C)O1. The van der Waals surface area contributed by atoms with Crippen molar-refractivity contribution in [3.05, 3.63) is 0 Å². The number of fused-ring (bicyclic) bond motifs is 1. The Bertz CT molecular complexity index is 702. The molecule has 0 aromatic heterocycles. The number of hydrogen-bond donors (Lipinski definition) is 2. The second-order valence-corrected chi connectivity index (χ2v) is 19.3. The van der Waals surface area contributed by atoms with Crippen molar-refractivity contribution in [3.8, 4) is 0 Å². The number of aliphatic hydroxyl groups is 1. The molecule has 3 aliphatic heterocycles. The normalized spacial score (nSPS) is 33.0. The summed E-state index contributed by atoms with van der Waals surface area (Å²) < 4.78 is 26.8. The second-order valence-electron chi connectivity index (χ2n) is 10.4. The van der Waals surface area contributed by atoms with Crippen LogP contribution in [0.15, 0.2) is 0 Å². The van der Waals surface area contributed by atoms with Gasteiger partial charge in [-0.15, -0.1) is 0 Å². The Morgan fingerprint density at radius 3 is 2.03 bits per heavy atom. The molecule has 3 heterocycles. The maximum Gasteiger partial charge on any atom is 0.335 e. The van der Waals surface area contributed by atoms with Gasteiger partial charge >= 0.3 is 23.2 Å². The standard InChI is InChI=1S/C21H40N2O7Si2/c1-12(2)31(13(3)4)27-11-16-19(29-32(30-31,14(5)6)15(7)8)18(25)20(28-16)23-10-9-17(24)22-21(23)26/h12-16,18-20,25H,9-11H2,1-8H3,(H,22,24,26). The van der Waals surface area contributed by atoms with E-state index in [4.69, 9.17) is 17.7 Å². The molecule has 0 radical (unpaired) electrons. The summed E-state index contributed by atoms with van der Waals surface area (Å²) in [5.74, 6) is -0.326. The molecule has 0 aromatic rings. The Balaban J connectivity index is 1.99. The van der Waals surface area contributed by atoms with Gasteiger partial charge in [-0.3, -0.25) is 15.0 Å². The van der Waals surface area contributed by atoms with Gasteiger partial charge in [0.1, 0.15) is 18.3 Å². The summed E-state index contributed by atoms with van der Waals surface area (Å²) in [5, 5.41) is 13.6. The third kappa shape index (κ3) is 4.32. The average Bonchev–Trinajstić information content (AvgIpc) is 2.96. The fourth-order valence-corrected chi connectivity index (χ4v) is 16.4. The van der Waals surface area contributed by atoms with Crippen LogP contribution < -0.4 is 5.32 Å². The first kappa shape index (κ1) is 25.8. The number of imide groups is 1. The van der Waals surface area contributed by atoms with Crippen molar-refractivity contribution in [2.24, 2.45) is 0 Å². The number of aliphatic hydroxyl groups excluding tert-OH is 1. The molecule has 4 unspecified atom stereocenters. The molecule has 4 atom stereocenters. The van der Waals surface area contributed by atoms with Crippen LogP contribution in [0.4, 0.5) is 4.79 Å². The second kappa shape index (κ2) is 9.43. The van der Waals surface area contributed by atoms with Crippen molar-refractivity contribution in [2.75, 3.05) is 13.2 Å². The van der Waals surface area contributed by atoms with Crippen LogP contribution in [0.5, 0.6) is 0 Å². The van der Waals surface area contributed by atoms with Gasteiger partial charge in [0.15, 0.2) is 6.23 Å². The molecule has 32 heavy (non-hydrogen) atoms. The van der Waals surface area contributed by atoms with Crippen molar-refractivity contribution in [2.45, 2.75) is 109 Å². The number of nitrogens with zero attached hydrogens (tertiary/aromatic N) is 1. The molecule has 9 nitrogen and oxygen atoms in total. The molecule has 0 aromatic carbocycles. The van der Waals surface area contributed by atoms with Crippen molar-refractivity contribution in [3.63, 3.8) is 0 Å². The number of hydrogen-bond acceptors (Lipinski definition) is 7. The highest BCUT2D eigenvalue weighted by Crippen LogP contribution is 2.47. The van der Waals surface area contributed by atoms with Crippen molar-refractivity contribution in [1.29, 1.82) is 0 Å². The smallest absolute Gasteiger partial charge is 0.335 e. The highest BCUT2D eigenvalue weighted by Gasteiger charge is 2.62. The lowest BCUT2D eigenvalue weighted by Crippen LogP contribution is -2.66. The van der Waals surface area contributed by atoms with E-state index in [1.54, 1.807) is 0 Å². The molecule has 3 rings (SSSR count). The summed E-state index contributed by atoms with van der Waals surface area (Å²) >= 11 is 0. The molecule has 184 valence electrons. The molecule has 11 heteroatoms. The molecule has 0 spiro atoms. The first-order valence-corrected chi connectivity index (χ1v) is 15.8. The fourth-order valence-electron chi connectivity index (χ4n) is 5.21. The molecule has 2 N–H and O–H groups in total. The van der Waals surface area contributed by atoms with Gasteiger partial charge in [-0.05, 0) is 22.2 Å². The minimum atomic E-state index is -2.89. The number of carbonyl (C=O) groups is 2. The lowest BCUT2D eigenvalue weighted by atomic mass is 10.1. The average molecular weight is 489 g/mol. The van der Waals surface area contributed by atoms with Crippen LogP contribution in [0.1, 0.15) is 61.8 Å². The molecule has 0 saturated carbocycles. The zero-order chi connectivity index (χ0) is 24.0. The number of nitrogens with one attached hydrogen (secondary N) is 1. The lowest BCUT2D eigenvalue weighted by molar-refractivity contribution is -0.125. The van der Waals surface area contributed by atoms with Gasteiger partial charge in [-0.25, -0.2) is 4.79 Å². The van der Waals surface area contributed by atoms with Gasteiger partial charge in [0.05, 0.1) is 6.61 Å². The topological polar surface area (TPSA) is 107 Å². The summed E-state index contributed by atoms with van der Waals surface area (Å²) in [4.78, 5) is 25.4. The Hall–Kier alpha value is -0.826. The van der Waals surface area contributed by atoms with E-state index in [0.717, 1.165) is 0 Å². The minimum Gasteiger partial charge on any atom is -0.414 e. The van der Waals surface area contributed by atoms with E-state index in [9.17, 15) is 14.7 Å². The zero-order valence-electron chi connectivity index (χ0n) is 20.6. The Kier molecular flexibility index (Phi) is 7.60. The Labute approximate surface area is 193 Å². The summed E-state index contributed by atoms with van der Waals surface area (Å²) in [6.45, 7) is 17.5. The van der Waals surface area contributed by atoms with Crippen LogP contribution in [0, 0.1) is 0 Å². The van der Waals surface area contributed by atoms with E-state index in [0.29, 0.717) is 0 Å². The largest absolute Gasteiger partial charge is 0.414 e. The van der Waals surface area contributed by atoms with Crippen LogP contribution in [0.25, 0.3) is 0 Å². The third-order valence-electron chi connectivity index (χ3n) is 7.04. The van der Waals surface area contributed by atoms with Crippen LogP contribution >= 0.6 is 0 Å². The zero-order valence-corrected chi connectivity index (χ0v) is 22.6. The van der Waals surface area contributed by atoms with Crippen LogP contribution in [0.2, 0.25) is 22.2 Å². The van der Waals surface area contributed by atoms with E-state index in [-0.39, 0.29) is 47.6 Å². The van der Waals surface area contributed by atoms with Gasteiger partial charge in [0.25, 0.3) is 0 Å². The van der Waals surface area contributed by atoms with Gasteiger partial charge in [0, 0.05) is 13.0 Å². The van der Waals surface area contributed by atoms with Crippen LogP contribution in [0.3, 0.4) is 0 Å². The van der Waals surface area contributed by atoms with E-state index in [1.165, 1.54) is 4.90 Å². The highest BCUT2D eigenvalue weighted by molar-refractivity contribution is 6.83. The number of urea groups is 1. The molecular weight excluding hydrogens is 448 g/mol. The highest BCUT2D eigenvalue weighted by atomic mass is 28.5. The van der Waals surface area contributed by atoms with E-state index in [2.05, 4.69) is 60.7 Å². The number of carbonyl (C=O) groups excluding carboxylic acids is 2. The maximum atomic E-state index is 12.4. The predicted octanol–water partition coefficient (Wildman–Crippen LogP) is 2.97. The maximum absolute atomic E-state index is 12.4. The van der Waals surface area contributed by atoms with Crippen LogP contribution in [-0.4, -0.2) is 76.8 Å². The van der Waals surface area contributed by atoms with Crippen molar-refractivity contribution >= 4 is 29.1 Å². The molecule has 3 fully saturated rings. The van der Waals surface area contributed by atoms with E-state index >= 15 is 0 Å². The summed E-state index contributed by atoms with van der Waals surface area (Å²) in [6, 6.07) is -0.555. The van der Waals surface area contributed by atoms with Gasteiger partial charge < -0.3 is 22.8 Å². The van der Waals surface area contributed by atoms with Crippen molar-refractivity contribution in [1.82, 2.24) is 10.2 Å². The first-order valence-electron chi connectivity index (χ1n) is 11.8.